The summed E-state index contributed by atoms with van der Waals surface area (Å²) in [7, 11) is 0. The topological polar surface area (TPSA) is 50.4 Å². The van der Waals surface area contributed by atoms with Gasteiger partial charge in [-0.1, -0.05) is 13.8 Å². The van der Waals surface area contributed by atoms with Crippen LogP contribution in [-0.4, -0.2) is 25.1 Å². The summed E-state index contributed by atoms with van der Waals surface area (Å²) in [5.74, 6) is 0.861. The van der Waals surface area contributed by atoms with E-state index in [1.54, 1.807) is 0 Å². The lowest BCUT2D eigenvalue weighted by molar-refractivity contribution is -0.116. The largest absolute Gasteiger partial charge is 0.494 e. The Kier molecular flexibility index (Phi) is 6.36. The van der Waals surface area contributed by atoms with Crippen LogP contribution in [-0.2, 0) is 4.79 Å². The summed E-state index contributed by atoms with van der Waals surface area (Å²) in [6.45, 7) is 9.38. The third kappa shape index (κ3) is 5.75. The second-order valence-electron chi connectivity index (χ2n) is 4.82. The fourth-order valence-corrected chi connectivity index (χ4v) is 1.72. The van der Waals surface area contributed by atoms with Gasteiger partial charge in [-0.3, -0.25) is 4.79 Å². The Bertz CT molecular complexity index is 417. The van der Waals surface area contributed by atoms with Crippen molar-refractivity contribution in [1.82, 2.24) is 5.32 Å². The molecule has 19 heavy (non-hydrogen) atoms. The highest BCUT2D eigenvalue weighted by molar-refractivity contribution is 5.91. The average Bonchev–Trinajstić information content (AvgIpc) is 2.32. The smallest absolute Gasteiger partial charge is 0.225 e. The molecule has 0 fully saturated rings. The Balaban J connectivity index is 2.50. The lowest BCUT2D eigenvalue weighted by atomic mass is 10.2. The van der Waals surface area contributed by atoms with Crippen molar-refractivity contribution < 1.29 is 9.53 Å². The first-order chi connectivity index (χ1) is 9.02. The van der Waals surface area contributed by atoms with Gasteiger partial charge in [0.2, 0.25) is 5.91 Å². The van der Waals surface area contributed by atoms with Crippen molar-refractivity contribution in [2.75, 3.05) is 18.5 Å². The molecule has 106 valence electrons. The monoisotopic (exact) mass is 264 g/mol. The molecule has 0 unspecified atom stereocenters. The number of rotatable bonds is 7. The molecular formula is C15H24N2O2. The van der Waals surface area contributed by atoms with E-state index in [1.807, 2.05) is 32.0 Å². The van der Waals surface area contributed by atoms with Crippen molar-refractivity contribution in [3.63, 3.8) is 0 Å². The number of carbonyl (C=O) groups excluding carboxylic acids is 1. The van der Waals surface area contributed by atoms with E-state index < -0.39 is 0 Å². The van der Waals surface area contributed by atoms with Crippen LogP contribution in [0.4, 0.5) is 5.69 Å². The summed E-state index contributed by atoms with van der Waals surface area (Å²) in [4.78, 5) is 11.8. The molecule has 1 amide bonds. The number of anilines is 1. The maximum Gasteiger partial charge on any atom is 0.225 e. The number of hydrogen-bond donors (Lipinski definition) is 2. The number of hydrogen-bond acceptors (Lipinski definition) is 3. The van der Waals surface area contributed by atoms with E-state index in [1.165, 1.54) is 0 Å². The third-order valence-corrected chi connectivity index (χ3v) is 2.69. The zero-order chi connectivity index (χ0) is 14.3. The van der Waals surface area contributed by atoms with E-state index in [0.717, 1.165) is 17.0 Å². The van der Waals surface area contributed by atoms with Crippen LogP contribution in [0.5, 0.6) is 5.75 Å². The SMILES string of the molecule is CCOc1ccc(NC(=O)CCNC(C)C)c(C)c1. The van der Waals surface area contributed by atoms with Gasteiger partial charge in [-0.15, -0.1) is 0 Å². The summed E-state index contributed by atoms with van der Waals surface area (Å²) in [6.07, 6.45) is 0.477. The highest BCUT2D eigenvalue weighted by Crippen LogP contribution is 2.21. The van der Waals surface area contributed by atoms with Crippen molar-refractivity contribution >= 4 is 11.6 Å². The number of aryl methyl sites for hydroxylation is 1. The fraction of sp³-hybridized carbons (Fsp3) is 0.533. The first kappa shape index (κ1) is 15.5. The minimum absolute atomic E-state index is 0.0282. The predicted molar refractivity (Wildman–Crippen MR) is 78.7 cm³/mol. The summed E-state index contributed by atoms with van der Waals surface area (Å²) < 4.78 is 5.42. The molecule has 0 aromatic heterocycles. The van der Waals surface area contributed by atoms with Gasteiger partial charge in [-0.25, -0.2) is 0 Å². The lowest BCUT2D eigenvalue weighted by Crippen LogP contribution is -2.27. The van der Waals surface area contributed by atoms with Crippen molar-refractivity contribution in [1.29, 1.82) is 0 Å². The first-order valence-corrected chi connectivity index (χ1v) is 6.79. The molecule has 0 saturated carbocycles. The lowest BCUT2D eigenvalue weighted by Gasteiger charge is -2.11. The van der Waals surface area contributed by atoms with E-state index in [4.69, 9.17) is 4.74 Å². The zero-order valence-corrected chi connectivity index (χ0v) is 12.2. The molecule has 1 aromatic carbocycles. The molecule has 0 aliphatic rings. The summed E-state index contributed by atoms with van der Waals surface area (Å²) in [5.41, 5.74) is 1.86. The van der Waals surface area contributed by atoms with Crippen LogP contribution in [0.2, 0.25) is 0 Å². The van der Waals surface area contributed by atoms with E-state index in [2.05, 4.69) is 24.5 Å². The van der Waals surface area contributed by atoms with Gasteiger partial charge in [-0.2, -0.15) is 0 Å². The molecule has 0 aliphatic heterocycles. The molecule has 2 N–H and O–H groups in total. The summed E-state index contributed by atoms with van der Waals surface area (Å²) in [5, 5.41) is 6.14. The molecule has 4 heteroatoms. The number of carbonyl (C=O) groups is 1. The number of amides is 1. The van der Waals surface area contributed by atoms with Gasteiger partial charge in [0.05, 0.1) is 6.61 Å². The van der Waals surface area contributed by atoms with E-state index in [-0.39, 0.29) is 5.91 Å². The summed E-state index contributed by atoms with van der Waals surface area (Å²) in [6, 6.07) is 6.10. The fourth-order valence-electron chi connectivity index (χ4n) is 1.72. The molecule has 0 atom stereocenters. The molecule has 0 radical (unpaired) electrons. The molecule has 1 rings (SSSR count). The Labute approximate surface area is 115 Å². The minimum atomic E-state index is 0.0282. The van der Waals surface area contributed by atoms with Gasteiger partial charge in [0.25, 0.3) is 0 Å². The molecular weight excluding hydrogens is 240 g/mol. The van der Waals surface area contributed by atoms with Crippen LogP contribution in [0.15, 0.2) is 18.2 Å². The van der Waals surface area contributed by atoms with Gasteiger partial charge in [-0.05, 0) is 37.6 Å². The second kappa shape index (κ2) is 7.79. The van der Waals surface area contributed by atoms with Crippen molar-refractivity contribution in [3.8, 4) is 5.75 Å². The van der Waals surface area contributed by atoms with Gasteiger partial charge in [0, 0.05) is 24.7 Å². The second-order valence-corrected chi connectivity index (χ2v) is 4.82. The molecule has 1 aromatic rings. The van der Waals surface area contributed by atoms with Crippen LogP contribution >= 0.6 is 0 Å². The number of benzene rings is 1. The van der Waals surface area contributed by atoms with E-state index in [0.29, 0.717) is 25.6 Å². The highest BCUT2D eigenvalue weighted by atomic mass is 16.5. The van der Waals surface area contributed by atoms with Gasteiger partial charge >= 0.3 is 0 Å². The number of nitrogens with one attached hydrogen (secondary N) is 2. The van der Waals surface area contributed by atoms with Gasteiger partial charge in [0.15, 0.2) is 0 Å². The Morgan fingerprint density at radius 2 is 2.11 bits per heavy atom. The van der Waals surface area contributed by atoms with Crippen LogP contribution in [0.25, 0.3) is 0 Å². The van der Waals surface area contributed by atoms with Crippen molar-refractivity contribution in [2.24, 2.45) is 0 Å². The maximum absolute atomic E-state index is 11.8. The first-order valence-electron chi connectivity index (χ1n) is 6.79. The zero-order valence-electron chi connectivity index (χ0n) is 12.2. The molecule has 4 nitrogen and oxygen atoms in total. The molecule has 0 bridgehead atoms. The quantitative estimate of drug-likeness (QED) is 0.796. The van der Waals surface area contributed by atoms with Crippen LogP contribution in [0, 0.1) is 6.92 Å². The predicted octanol–water partition coefficient (Wildman–Crippen LogP) is 2.72. The van der Waals surface area contributed by atoms with Crippen LogP contribution in [0.1, 0.15) is 32.8 Å². The Morgan fingerprint density at radius 3 is 2.68 bits per heavy atom. The maximum atomic E-state index is 11.8. The average molecular weight is 264 g/mol. The molecule has 0 heterocycles. The van der Waals surface area contributed by atoms with Crippen LogP contribution in [0.3, 0.4) is 0 Å². The summed E-state index contributed by atoms with van der Waals surface area (Å²) >= 11 is 0. The van der Waals surface area contributed by atoms with E-state index >= 15 is 0 Å². The van der Waals surface area contributed by atoms with Crippen molar-refractivity contribution in [2.45, 2.75) is 40.2 Å². The third-order valence-electron chi connectivity index (χ3n) is 2.69. The van der Waals surface area contributed by atoms with Gasteiger partial charge in [0.1, 0.15) is 5.75 Å². The standard InChI is InChI=1S/C15H24N2O2/c1-5-19-13-6-7-14(12(4)10-13)17-15(18)8-9-16-11(2)3/h6-7,10-11,16H,5,8-9H2,1-4H3,(H,17,18). The Morgan fingerprint density at radius 1 is 1.37 bits per heavy atom. The molecule has 0 saturated heterocycles. The molecule has 0 aliphatic carbocycles. The normalized spacial score (nSPS) is 10.6. The number of ether oxygens (including phenoxy) is 1. The Hall–Kier alpha value is -1.55. The molecule has 0 spiro atoms. The van der Waals surface area contributed by atoms with E-state index in [9.17, 15) is 4.79 Å². The van der Waals surface area contributed by atoms with Crippen molar-refractivity contribution in [3.05, 3.63) is 23.8 Å². The van der Waals surface area contributed by atoms with Gasteiger partial charge < -0.3 is 15.4 Å². The highest BCUT2D eigenvalue weighted by Gasteiger charge is 2.06. The van der Waals surface area contributed by atoms with Crippen LogP contribution < -0.4 is 15.4 Å². The minimum Gasteiger partial charge on any atom is -0.494 e.